The van der Waals surface area contributed by atoms with Crippen LogP contribution < -0.4 is 15.8 Å². The first-order chi connectivity index (χ1) is 11.2. The summed E-state index contributed by atoms with van der Waals surface area (Å²) < 4.78 is 5.36. The molecule has 0 aliphatic rings. The molecule has 0 amide bonds. The Hall–Kier alpha value is -2.74. The molecule has 7 nitrogen and oxygen atoms in total. The average molecular weight is 328 g/mol. The molecule has 5 N–H and O–H groups in total. The molecule has 2 heterocycles. The SMILES string of the molecule is COc1cc(N)c(C=N)cc1Nc1ncnc2[nH]c(SC)cc12. The summed E-state index contributed by atoms with van der Waals surface area (Å²) in [5.41, 5.74) is 8.43. The molecule has 0 fully saturated rings. The Kier molecular flexibility index (Phi) is 4.07. The van der Waals surface area contributed by atoms with E-state index in [2.05, 4.69) is 20.3 Å². The lowest BCUT2D eigenvalue weighted by molar-refractivity contribution is 0.417. The minimum atomic E-state index is 0.488. The van der Waals surface area contributed by atoms with Gasteiger partial charge in [-0.1, -0.05) is 0 Å². The van der Waals surface area contributed by atoms with E-state index in [4.69, 9.17) is 15.9 Å². The minimum Gasteiger partial charge on any atom is -0.494 e. The van der Waals surface area contributed by atoms with Crippen LogP contribution in [0, 0.1) is 5.41 Å². The van der Waals surface area contributed by atoms with Crippen LogP contribution in [0.25, 0.3) is 11.0 Å². The maximum Gasteiger partial charge on any atom is 0.144 e. The summed E-state index contributed by atoms with van der Waals surface area (Å²) in [6.07, 6.45) is 4.69. The summed E-state index contributed by atoms with van der Waals surface area (Å²) in [5.74, 6) is 1.24. The number of aromatic amines is 1. The molecule has 0 saturated heterocycles. The molecule has 3 rings (SSSR count). The third-order valence-electron chi connectivity index (χ3n) is 3.43. The second kappa shape index (κ2) is 6.17. The van der Waals surface area contributed by atoms with Crippen molar-refractivity contribution in [2.24, 2.45) is 0 Å². The maximum absolute atomic E-state index is 7.44. The van der Waals surface area contributed by atoms with Crippen molar-refractivity contribution in [1.82, 2.24) is 15.0 Å². The van der Waals surface area contributed by atoms with Crippen LogP contribution in [0.15, 0.2) is 29.6 Å². The highest BCUT2D eigenvalue weighted by atomic mass is 32.2. The smallest absolute Gasteiger partial charge is 0.144 e. The van der Waals surface area contributed by atoms with Crippen molar-refractivity contribution in [3.05, 3.63) is 30.1 Å². The van der Waals surface area contributed by atoms with Gasteiger partial charge < -0.3 is 26.2 Å². The van der Waals surface area contributed by atoms with Gasteiger partial charge in [-0.2, -0.15) is 0 Å². The van der Waals surface area contributed by atoms with Gasteiger partial charge in [0.05, 0.1) is 23.2 Å². The van der Waals surface area contributed by atoms with Crippen LogP contribution >= 0.6 is 11.8 Å². The molecule has 8 heteroatoms. The number of thioether (sulfide) groups is 1. The molecule has 0 saturated carbocycles. The molecule has 23 heavy (non-hydrogen) atoms. The van der Waals surface area contributed by atoms with Crippen LogP contribution in [-0.2, 0) is 0 Å². The zero-order chi connectivity index (χ0) is 16.4. The number of methoxy groups -OCH3 is 1. The summed E-state index contributed by atoms with van der Waals surface area (Å²) in [6, 6.07) is 5.44. The Morgan fingerprint density at radius 1 is 1.35 bits per heavy atom. The topological polar surface area (TPSA) is 113 Å². The Labute approximate surface area is 137 Å². The Morgan fingerprint density at radius 2 is 2.17 bits per heavy atom. The van der Waals surface area contributed by atoms with Gasteiger partial charge in [0.2, 0.25) is 0 Å². The largest absolute Gasteiger partial charge is 0.494 e. The lowest BCUT2D eigenvalue weighted by Gasteiger charge is -2.13. The monoisotopic (exact) mass is 328 g/mol. The number of rotatable bonds is 5. The number of aromatic nitrogens is 3. The van der Waals surface area contributed by atoms with E-state index in [1.165, 1.54) is 12.5 Å². The highest BCUT2D eigenvalue weighted by Gasteiger charge is 2.12. The van der Waals surface area contributed by atoms with Gasteiger partial charge in [0, 0.05) is 23.5 Å². The van der Waals surface area contributed by atoms with Crippen LogP contribution in [0.4, 0.5) is 17.2 Å². The number of benzene rings is 1. The first-order valence-corrected chi connectivity index (χ1v) is 8.01. The van der Waals surface area contributed by atoms with Gasteiger partial charge in [-0.15, -0.1) is 11.8 Å². The van der Waals surface area contributed by atoms with Crippen LogP contribution in [0.2, 0.25) is 0 Å². The highest BCUT2D eigenvalue weighted by molar-refractivity contribution is 7.98. The number of H-pyrrole nitrogens is 1. The second-order valence-corrected chi connectivity index (χ2v) is 5.62. The first kappa shape index (κ1) is 15.2. The van der Waals surface area contributed by atoms with E-state index in [0.717, 1.165) is 16.1 Å². The molecular formula is C15H16N6OS. The van der Waals surface area contributed by atoms with Crippen molar-refractivity contribution < 1.29 is 4.74 Å². The van der Waals surface area contributed by atoms with E-state index in [1.54, 1.807) is 31.0 Å². The summed E-state index contributed by atoms with van der Waals surface area (Å²) >= 11 is 1.60. The number of hydrogen-bond donors (Lipinski definition) is 4. The summed E-state index contributed by atoms with van der Waals surface area (Å²) in [6.45, 7) is 0. The van der Waals surface area contributed by atoms with Gasteiger partial charge in [-0.05, 0) is 18.4 Å². The number of nitrogens with zero attached hydrogens (tertiary/aromatic N) is 2. The van der Waals surface area contributed by atoms with E-state index in [-0.39, 0.29) is 0 Å². The quantitative estimate of drug-likeness (QED) is 0.325. The number of anilines is 3. The van der Waals surface area contributed by atoms with Crippen molar-refractivity contribution in [2.45, 2.75) is 5.03 Å². The van der Waals surface area contributed by atoms with Crippen LogP contribution in [0.5, 0.6) is 5.75 Å². The van der Waals surface area contributed by atoms with Gasteiger partial charge in [0.15, 0.2) is 0 Å². The van der Waals surface area contributed by atoms with Crippen LogP contribution in [0.3, 0.4) is 0 Å². The molecule has 0 aliphatic heterocycles. The normalized spacial score (nSPS) is 10.7. The Balaban J connectivity index is 2.08. The third-order valence-corrected chi connectivity index (χ3v) is 4.09. The molecule has 118 valence electrons. The zero-order valence-corrected chi connectivity index (χ0v) is 13.5. The Morgan fingerprint density at radius 3 is 2.87 bits per heavy atom. The summed E-state index contributed by atoms with van der Waals surface area (Å²) in [7, 11) is 1.57. The first-order valence-electron chi connectivity index (χ1n) is 6.79. The summed E-state index contributed by atoms with van der Waals surface area (Å²) in [4.78, 5) is 11.8. The lowest BCUT2D eigenvalue weighted by Crippen LogP contribution is -2.01. The van der Waals surface area contributed by atoms with Crippen molar-refractivity contribution in [2.75, 3.05) is 24.4 Å². The van der Waals surface area contributed by atoms with E-state index in [0.29, 0.717) is 28.5 Å². The number of nitrogens with one attached hydrogen (secondary N) is 3. The van der Waals surface area contributed by atoms with Gasteiger partial charge in [0.25, 0.3) is 0 Å². The van der Waals surface area contributed by atoms with Crippen molar-refractivity contribution in [3.8, 4) is 5.75 Å². The molecule has 0 atom stereocenters. The standard InChI is InChI=1S/C15H16N6OS/c1-22-12-5-10(17)8(6-16)3-11(12)20-14-9-4-13(23-2)21-15(9)19-7-18-14/h3-7,16H,17H2,1-2H3,(H2,18,19,20,21). The number of nitrogens with two attached hydrogens (primary N) is 1. The van der Waals surface area contributed by atoms with Crippen molar-refractivity contribution in [1.29, 1.82) is 5.41 Å². The lowest BCUT2D eigenvalue weighted by atomic mass is 10.1. The number of hydrogen-bond acceptors (Lipinski definition) is 7. The number of fused-ring (bicyclic) bond motifs is 1. The fraction of sp³-hybridized carbons (Fsp3) is 0.133. The minimum absolute atomic E-state index is 0.488. The molecule has 0 unspecified atom stereocenters. The molecule has 0 spiro atoms. The van der Waals surface area contributed by atoms with Gasteiger partial charge in [0.1, 0.15) is 23.5 Å². The van der Waals surface area contributed by atoms with E-state index in [9.17, 15) is 0 Å². The maximum atomic E-state index is 7.44. The second-order valence-electron chi connectivity index (χ2n) is 4.77. The molecule has 3 aromatic rings. The fourth-order valence-electron chi connectivity index (χ4n) is 2.26. The van der Waals surface area contributed by atoms with Crippen molar-refractivity contribution in [3.63, 3.8) is 0 Å². The number of ether oxygens (including phenoxy) is 1. The van der Waals surface area contributed by atoms with E-state index in [1.807, 2.05) is 12.3 Å². The van der Waals surface area contributed by atoms with E-state index >= 15 is 0 Å². The van der Waals surface area contributed by atoms with Gasteiger partial charge in [-0.3, -0.25) is 0 Å². The molecular weight excluding hydrogens is 312 g/mol. The predicted octanol–water partition coefficient (Wildman–Crippen LogP) is 3.01. The predicted molar refractivity (Wildman–Crippen MR) is 94.2 cm³/mol. The van der Waals surface area contributed by atoms with Gasteiger partial charge >= 0.3 is 0 Å². The zero-order valence-electron chi connectivity index (χ0n) is 12.7. The Bertz CT molecular complexity index is 876. The molecule has 1 aromatic carbocycles. The van der Waals surface area contributed by atoms with Crippen LogP contribution in [0.1, 0.15) is 5.56 Å². The fourth-order valence-corrected chi connectivity index (χ4v) is 2.69. The molecule has 0 aliphatic carbocycles. The van der Waals surface area contributed by atoms with Gasteiger partial charge in [-0.25, -0.2) is 9.97 Å². The third kappa shape index (κ3) is 2.80. The molecule has 0 bridgehead atoms. The average Bonchev–Trinajstić information content (AvgIpc) is 3.00. The molecule has 0 radical (unpaired) electrons. The van der Waals surface area contributed by atoms with Crippen molar-refractivity contribution >= 4 is 46.2 Å². The summed E-state index contributed by atoms with van der Waals surface area (Å²) in [5, 5.41) is 12.6. The molecule has 2 aromatic heterocycles. The van der Waals surface area contributed by atoms with Crippen LogP contribution in [-0.4, -0.2) is 34.5 Å². The highest BCUT2D eigenvalue weighted by Crippen LogP contribution is 2.33. The number of nitrogen functional groups attached to an aromatic ring is 1. The van der Waals surface area contributed by atoms with E-state index < -0.39 is 0 Å².